The minimum atomic E-state index is -0.506. The predicted octanol–water partition coefficient (Wildman–Crippen LogP) is -0.312. The van der Waals surface area contributed by atoms with Crippen molar-refractivity contribution in [1.29, 1.82) is 0 Å². The molecule has 0 spiro atoms. The molecular formula is C12H24FN3O. The van der Waals surface area contributed by atoms with Crippen LogP contribution in [-0.4, -0.2) is 79.5 Å². The van der Waals surface area contributed by atoms with Crippen molar-refractivity contribution < 1.29 is 9.50 Å². The van der Waals surface area contributed by atoms with Crippen molar-refractivity contribution in [3.05, 3.63) is 0 Å². The van der Waals surface area contributed by atoms with Crippen LogP contribution in [0.5, 0.6) is 0 Å². The molecule has 4 nitrogen and oxygen atoms in total. The molecule has 0 aromatic heterocycles. The lowest BCUT2D eigenvalue weighted by Gasteiger charge is -2.41. The molecule has 17 heavy (non-hydrogen) atoms. The van der Waals surface area contributed by atoms with Crippen LogP contribution in [0.4, 0.5) is 4.39 Å². The second-order valence-electron chi connectivity index (χ2n) is 5.28. The number of hydrogen-bond donors (Lipinski definition) is 2. The quantitative estimate of drug-likeness (QED) is 0.712. The molecule has 0 bridgehead atoms. The van der Waals surface area contributed by atoms with Gasteiger partial charge in [-0.15, -0.1) is 0 Å². The van der Waals surface area contributed by atoms with Gasteiger partial charge >= 0.3 is 0 Å². The van der Waals surface area contributed by atoms with E-state index in [-0.39, 0.29) is 6.67 Å². The third kappa shape index (κ3) is 3.88. The Morgan fingerprint density at radius 1 is 1.06 bits per heavy atom. The Morgan fingerprint density at radius 3 is 2.24 bits per heavy atom. The van der Waals surface area contributed by atoms with Gasteiger partial charge < -0.3 is 10.4 Å². The Labute approximate surface area is 103 Å². The van der Waals surface area contributed by atoms with E-state index in [9.17, 15) is 9.50 Å². The molecule has 5 heteroatoms. The highest BCUT2D eigenvalue weighted by atomic mass is 19.1. The van der Waals surface area contributed by atoms with E-state index in [1.54, 1.807) is 0 Å². The fourth-order valence-corrected chi connectivity index (χ4v) is 2.76. The molecule has 0 aromatic rings. The number of piperazine rings is 1. The van der Waals surface area contributed by atoms with E-state index in [1.807, 2.05) is 0 Å². The van der Waals surface area contributed by atoms with Crippen molar-refractivity contribution in [2.24, 2.45) is 0 Å². The van der Waals surface area contributed by atoms with Crippen LogP contribution < -0.4 is 5.32 Å². The second kappa shape index (κ2) is 6.09. The minimum absolute atomic E-state index is 0.254. The van der Waals surface area contributed by atoms with E-state index >= 15 is 0 Å². The summed E-state index contributed by atoms with van der Waals surface area (Å²) in [5, 5.41) is 13.7. The first kappa shape index (κ1) is 13.2. The van der Waals surface area contributed by atoms with Crippen LogP contribution in [0.2, 0.25) is 0 Å². The summed E-state index contributed by atoms with van der Waals surface area (Å²) in [6.45, 7) is 6.67. The van der Waals surface area contributed by atoms with Gasteiger partial charge in [0, 0.05) is 39.3 Å². The van der Waals surface area contributed by atoms with Gasteiger partial charge in [-0.2, -0.15) is 0 Å². The lowest BCUT2D eigenvalue weighted by atomic mass is 9.91. The maximum atomic E-state index is 12.2. The van der Waals surface area contributed by atoms with E-state index in [0.717, 1.165) is 58.7 Å². The van der Waals surface area contributed by atoms with Gasteiger partial charge in [0.15, 0.2) is 0 Å². The van der Waals surface area contributed by atoms with Gasteiger partial charge in [-0.1, -0.05) is 0 Å². The molecule has 2 rings (SSSR count). The first-order chi connectivity index (χ1) is 8.22. The molecule has 0 aliphatic carbocycles. The lowest BCUT2D eigenvalue weighted by Crippen LogP contribution is -2.54. The highest BCUT2D eigenvalue weighted by Crippen LogP contribution is 2.20. The largest absolute Gasteiger partial charge is 0.388 e. The molecule has 0 radical (unpaired) electrons. The second-order valence-corrected chi connectivity index (χ2v) is 5.28. The predicted molar refractivity (Wildman–Crippen MR) is 65.9 cm³/mol. The number of aliphatic hydroxyl groups is 1. The molecule has 2 saturated heterocycles. The molecule has 0 saturated carbocycles. The van der Waals surface area contributed by atoms with Crippen LogP contribution in [-0.2, 0) is 0 Å². The zero-order chi connectivity index (χ0) is 12.1. The van der Waals surface area contributed by atoms with Gasteiger partial charge in [0.2, 0.25) is 0 Å². The Morgan fingerprint density at radius 2 is 1.65 bits per heavy atom. The zero-order valence-corrected chi connectivity index (χ0v) is 10.5. The fourth-order valence-electron chi connectivity index (χ4n) is 2.76. The monoisotopic (exact) mass is 245 g/mol. The van der Waals surface area contributed by atoms with Gasteiger partial charge in [0.05, 0.1) is 5.60 Å². The summed E-state index contributed by atoms with van der Waals surface area (Å²) < 4.78 is 12.2. The Bertz CT molecular complexity index is 226. The van der Waals surface area contributed by atoms with Crippen molar-refractivity contribution in [2.75, 3.05) is 59.0 Å². The summed E-state index contributed by atoms with van der Waals surface area (Å²) in [6.07, 6.45) is 1.69. The minimum Gasteiger partial charge on any atom is -0.388 e. The average molecular weight is 245 g/mol. The maximum Gasteiger partial charge on any atom is 0.102 e. The van der Waals surface area contributed by atoms with Crippen molar-refractivity contribution in [3.63, 3.8) is 0 Å². The van der Waals surface area contributed by atoms with Gasteiger partial charge in [-0.25, -0.2) is 4.39 Å². The smallest absolute Gasteiger partial charge is 0.102 e. The molecule has 2 N–H and O–H groups in total. The summed E-state index contributed by atoms with van der Waals surface area (Å²) in [5.74, 6) is 0. The SMILES string of the molecule is OC1(CN2CCN(CCF)CC2)CCNCC1. The Balaban J connectivity index is 1.73. The Hall–Kier alpha value is -0.230. The molecule has 0 atom stereocenters. The van der Waals surface area contributed by atoms with Crippen molar-refractivity contribution in [2.45, 2.75) is 18.4 Å². The number of hydrogen-bond acceptors (Lipinski definition) is 4. The molecule has 100 valence electrons. The number of nitrogens with zero attached hydrogens (tertiary/aromatic N) is 2. The first-order valence-corrected chi connectivity index (χ1v) is 6.66. The van der Waals surface area contributed by atoms with Crippen LogP contribution in [0, 0.1) is 0 Å². The summed E-state index contributed by atoms with van der Waals surface area (Å²) in [6, 6.07) is 0. The maximum absolute atomic E-state index is 12.2. The number of alkyl halides is 1. The lowest BCUT2D eigenvalue weighted by molar-refractivity contribution is -0.0309. The first-order valence-electron chi connectivity index (χ1n) is 6.66. The number of β-amino-alcohol motifs (C(OH)–C–C–N with tert-alkyl or cyclic N) is 1. The van der Waals surface area contributed by atoms with E-state index in [0.29, 0.717) is 6.54 Å². The highest BCUT2D eigenvalue weighted by Gasteiger charge is 2.32. The number of nitrogens with one attached hydrogen (secondary N) is 1. The number of rotatable bonds is 4. The van der Waals surface area contributed by atoms with Gasteiger partial charge in [-0.05, 0) is 25.9 Å². The molecule has 0 aromatic carbocycles. The topological polar surface area (TPSA) is 38.7 Å². The van der Waals surface area contributed by atoms with Crippen molar-refractivity contribution in [1.82, 2.24) is 15.1 Å². The summed E-state index contributed by atoms with van der Waals surface area (Å²) in [5.41, 5.74) is -0.506. The number of piperidine rings is 1. The molecule has 2 heterocycles. The van der Waals surface area contributed by atoms with E-state index in [2.05, 4.69) is 15.1 Å². The molecule has 2 fully saturated rings. The van der Waals surface area contributed by atoms with Crippen molar-refractivity contribution >= 4 is 0 Å². The third-order valence-electron chi connectivity index (χ3n) is 3.92. The van der Waals surface area contributed by atoms with Gasteiger partial charge in [0.1, 0.15) is 6.67 Å². The standard InChI is InChI=1S/C12H24FN3O/c13-3-6-15-7-9-16(10-8-15)11-12(17)1-4-14-5-2-12/h14,17H,1-11H2. The van der Waals surface area contributed by atoms with Crippen LogP contribution in [0.3, 0.4) is 0 Å². The summed E-state index contributed by atoms with van der Waals surface area (Å²) >= 11 is 0. The fraction of sp³-hybridized carbons (Fsp3) is 1.00. The van der Waals surface area contributed by atoms with Crippen molar-refractivity contribution in [3.8, 4) is 0 Å². The summed E-state index contributed by atoms with van der Waals surface area (Å²) in [4.78, 5) is 4.48. The normalized spacial score (nSPS) is 27.2. The van der Waals surface area contributed by atoms with Crippen LogP contribution in [0.1, 0.15) is 12.8 Å². The van der Waals surface area contributed by atoms with Crippen LogP contribution in [0.25, 0.3) is 0 Å². The third-order valence-corrected chi connectivity index (χ3v) is 3.92. The summed E-state index contributed by atoms with van der Waals surface area (Å²) in [7, 11) is 0. The molecular weight excluding hydrogens is 221 g/mol. The van der Waals surface area contributed by atoms with Gasteiger partial charge in [0.25, 0.3) is 0 Å². The van der Waals surface area contributed by atoms with E-state index in [1.165, 1.54) is 0 Å². The average Bonchev–Trinajstić information content (AvgIpc) is 2.33. The molecule has 0 amide bonds. The number of halogens is 1. The molecule has 0 unspecified atom stereocenters. The molecule has 2 aliphatic heterocycles. The van der Waals surface area contributed by atoms with Gasteiger partial charge in [-0.3, -0.25) is 9.80 Å². The van der Waals surface area contributed by atoms with Crippen LogP contribution >= 0.6 is 0 Å². The zero-order valence-electron chi connectivity index (χ0n) is 10.5. The Kier molecular flexibility index (Phi) is 4.73. The van der Waals surface area contributed by atoms with Crippen LogP contribution in [0.15, 0.2) is 0 Å². The molecule has 2 aliphatic rings. The van der Waals surface area contributed by atoms with E-state index < -0.39 is 5.60 Å². The highest BCUT2D eigenvalue weighted by molar-refractivity contribution is 4.88. The van der Waals surface area contributed by atoms with E-state index in [4.69, 9.17) is 0 Å².